The van der Waals surface area contributed by atoms with Crippen LogP contribution in [0.5, 0.6) is 0 Å². The van der Waals surface area contributed by atoms with Gasteiger partial charge < -0.3 is 15.2 Å². The van der Waals surface area contributed by atoms with Crippen molar-refractivity contribution in [2.24, 2.45) is 5.73 Å². The van der Waals surface area contributed by atoms with Crippen LogP contribution >= 0.6 is 0 Å². The molecule has 0 aromatic carbocycles. The summed E-state index contributed by atoms with van der Waals surface area (Å²) in [7, 11) is 2.02. The minimum Gasteiger partial charge on any atom is -0.336 e. The highest BCUT2D eigenvalue weighted by Gasteiger charge is 2.43. The van der Waals surface area contributed by atoms with E-state index in [1.165, 1.54) is 0 Å². The van der Waals surface area contributed by atoms with Gasteiger partial charge in [0.2, 0.25) is 5.91 Å². The zero-order valence-electron chi connectivity index (χ0n) is 10.2. The molecule has 1 fully saturated rings. The Labute approximate surface area is 92.7 Å². The van der Waals surface area contributed by atoms with Crippen LogP contribution in [0.4, 0.5) is 0 Å². The van der Waals surface area contributed by atoms with Crippen molar-refractivity contribution in [3.05, 3.63) is 0 Å². The van der Waals surface area contributed by atoms with E-state index in [4.69, 9.17) is 15.2 Å². The molecule has 0 unspecified atom stereocenters. The van der Waals surface area contributed by atoms with E-state index < -0.39 is 5.91 Å². The maximum Gasteiger partial charge on any atom is 0.245 e. The summed E-state index contributed by atoms with van der Waals surface area (Å²) >= 11 is 0. The Morgan fingerprint density at radius 2 is 1.87 bits per heavy atom. The number of likely N-dealkylation sites (tertiary alicyclic amines) is 1. The molecule has 1 atom stereocenters. The van der Waals surface area contributed by atoms with E-state index in [9.17, 15) is 0 Å². The van der Waals surface area contributed by atoms with Gasteiger partial charge in [0.15, 0.2) is 0 Å². The molecular weight excluding hydrogens is 192 g/mol. The van der Waals surface area contributed by atoms with E-state index in [1.807, 2.05) is 20.9 Å². The standard InChI is InChI=1S/C11H24N2O2/c1-4-14-11(15-5-2)10(12)8-6-7-9-13(11)3/h10H,4-9,12H2,1-3H3/t10-/m1/s1. The maximum atomic E-state index is 6.18. The summed E-state index contributed by atoms with van der Waals surface area (Å²) in [5.74, 6) is -0.708. The number of nitrogens with zero attached hydrogens (tertiary/aromatic N) is 1. The normalized spacial score (nSPS) is 27.6. The molecule has 0 aromatic rings. The SMILES string of the molecule is CCOC1(OCC)[C@H](N)CCCCN1C. The molecular formula is C11H24N2O2. The van der Waals surface area contributed by atoms with Crippen LogP contribution in [0.15, 0.2) is 0 Å². The molecule has 90 valence electrons. The lowest BCUT2D eigenvalue weighted by Gasteiger charge is -2.42. The van der Waals surface area contributed by atoms with Crippen LogP contribution in [0.3, 0.4) is 0 Å². The number of hydrogen-bond donors (Lipinski definition) is 1. The molecule has 0 aromatic heterocycles. The lowest BCUT2D eigenvalue weighted by molar-refractivity contribution is -0.317. The van der Waals surface area contributed by atoms with Crippen LogP contribution in [-0.2, 0) is 9.47 Å². The summed E-state index contributed by atoms with van der Waals surface area (Å²) in [4.78, 5) is 2.11. The van der Waals surface area contributed by atoms with Crippen molar-refractivity contribution < 1.29 is 9.47 Å². The minimum atomic E-state index is -0.708. The van der Waals surface area contributed by atoms with Crippen molar-refractivity contribution in [2.45, 2.75) is 45.1 Å². The van der Waals surface area contributed by atoms with Crippen LogP contribution in [-0.4, -0.2) is 43.7 Å². The fourth-order valence-corrected chi connectivity index (χ4v) is 2.22. The summed E-state index contributed by atoms with van der Waals surface area (Å²) in [6.07, 6.45) is 3.27. The first kappa shape index (κ1) is 12.9. The zero-order valence-corrected chi connectivity index (χ0v) is 10.2. The second kappa shape index (κ2) is 5.80. The summed E-state index contributed by atoms with van der Waals surface area (Å²) in [5, 5.41) is 0. The number of likely N-dealkylation sites (N-methyl/N-ethyl adjacent to an activating group) is 1. The predicted molar refractivity (Wildman–Crippen MR) is 60.4 cm³/mol. The van der Waals surface area contributed by atoms with Gasteiger partial charge in [0, 0.05) is 19.8 Å². The number of hydrogen-bond acceptors (Lipinski definition) is 4. The molecule has 1 saturated heterocycles. The molecule has 4 nitrogen and oxygen atoms in total. The highest BCUT2D eigenvalue weighted by Crippen LogP contribution is 2.27. The first-order chi connectivity index (χ1) is 7.17. The maximum absolute atomic E-state index is 6.18. The Morgan fingerprint density at radius 3 is 2.40 bits per heavy atom. The van der Waals surface area contributed by atoms with Crippen LogP contribution in [0.2, 0.25) is 0 Å². The van der Waals surface area contributed by atoms with Crippen LogP contribution < -0.4 is 5.73 Å². The Bertz CT molecular complexity index is 167. The largest absolute Gasteiger partial charge is 0.336 e. The van der Waals surface area contributed by atoms with Gasteiger partial charge in [-0.2, -0.15) is 0 Å². The van der Waals surface area contributed by atoms with E-state index in [-0.39, 0.29) is 6.04 Å². The van der Waals surface area contributed by atoms with E-state index >= 15 is 0 Å². The van der Waals surface area contributed by atoms with Crippen molar-refractivity contribution in [1.82, 2.24) is 4.90 Å². The molecule has 2 N–H and O–H groups in total. The van der Waals surface area contributed by atoms with E-state index in [2.05, 4.69) is 4.90 Å². The van der Waals surface area contributed by atoms with Gasteiger partial charge in [0.25, 0.3) is 0 Å². The first-order valence-electron chi connectivity index (χ1n) is 5.92. The number of rotatable bonds is 4. The van der Waals surface area contributed by atoms with Gasteiger partial charge in [0.05, 0.1) is 6.04 Å². The second-order valence-electron chi connectivity index (χ2n) is 4.02. The molecule has 0 radical (unpaired) electrons. The molecule has 0 aliphatic carbocycles. The van der Waals surface area contributed by atoms with Gasteiger partial charge in [-0.1, -0.05) is 6.42 Å². The van der Waals surface area contributed by atoms with Gasteiger partial charge in [-0.05, 0) is 33.7 Å². The highest BCUT2D eigenvalue weighted by molar-refractivity contribution is 4.85. The van der Waals surface area contributed by atoms with Crippen molar-refractivity contribution in [3.63, 3.8) is 0 Å². The zero-order chi connectivity index (χ0) is 11.3. The van der Waals surface area contributed by atoms with Crippen molar-refractivity contribution >= 4 is 0 Å². The average molecular weight is 216 g/mol. The van der Waals surface area contributed by atoms with Crippen LogP contribution in [0.25, 0.3) is 0 Å². The molecule has 1 rings (SSSR count). The fraction of sp³-hybridized carbons (Fsp3) is 1.00. The van der Waals surface area contributed by atoms with Crippen molar-refractivity contribution in [2.75, 3.05) is 26.8 Å². The Balaban J connectivity index is 2.84. The van der Waals surface area contributed by atoms with Crippen LogP contribution in [0.1, 0.15) is 33.1 Å². The van der Waals surface area contributed by atoms with E-state index in [1.54, 1.807) is 0 Å². The molecule has 0 saturated carbocycles. The first-order valence-corrected chi connectivity index (χ1v) is 5.92. The lowest BCUT2D eigenvalue weighted by atomic mass is 10.1. The molecule has 1 aliphatic rings. The smallest absolute Gasteiger partial charge is 0.245 e. The van der Waals surface area contributed by atoms with E-state index in [0.29, 0.717) is 13.2 Å². The third-order valence-electron chi connectivity index (χ3n) is 2.96. The quantitative estimate of drug-likeness (QED) is 0.716. The summed E-state index contributed by atoms with van der Waals surface area (Å²) in [6.45, 7) is 6.18. The third kappa shape index (κ3) is 2.69. The summed E-state index contributed by atoms with van der Waals surface area (Å²) in [5.41, 5.74) is 6.18. The van der Waals surface area contributed by atoms with Crippen LogP contribution in [0, 0.1) is 0 Å². The molecule has 4 heteroatoms. The second-order valence-corrected chi connectivity index (χ2v) is 4.02. The minimum absolute atomic E-state index is 0.0649. The summed E-state index contributed by atoms with van der Waals surface area (Å²) in [6, 6.07) is -0.0649. The molecule has 1 heterocycles. The monoisotopic (exact) mass is 216 g/mol. The average Bonchev–Trinajstić information content (AvgIpc) is 2.33. The van der Waals surface area contributed by atoms with Gasteiger partial charge >= 0.3 is 0 Å². The molecule has 0 bridgehead atoms. The highest BCUT2D eigenvalue weighted by atomic mass is 16.7. The molecule has 1 aliphatic heterocycles. The summed E-state index contributed by atoms with van der Waals surface area (Å²) < 4.78 is 11.6. The van der Waals surface area contributed by atoms with Gasteiger partial charge in [-0.25, -0.2) is 0 Å². The molecule has 0 amide bonds. The van der Waals surface area contributed by atoms with Gasteiger partial charge in [-0.3, -0.25) is 4.90 Å². The van der Waals surface area contributed by atoms with E-state index in [0.717, 1.165) is 25.8 Å². The number of nitrogens with two attached hydrogens (primary N) is 1. The Hall–Kier alpha value is -0.160. The Morgan fingerprint density at radius 1 is 1.27 bits per heavy atom. The fourth-order valence-electron chi connectivity index (χ4n) is 2.22. The van der Waals surface area contributed by atoms with Crippen molar-refractivity contribution in [3.8, 4) is 0 Å². The molecule has 15 heavy (non-hydrogen) atoms. The third-order valence-corrected chi connectivity index (χ3v) is 2.96. The number of ether oxygens (including phenoxy) is 2. The van der Waals surface area contributed by atoms with Crippen molar-refractivity contribution in [1.29, 1.82) is 0 Å². The predicted octanol–water partition coefficient (Wildman–Crippen LogP) is 1.16. The van der Waals surface area contributed by atoms with Gasteiger partial charge in [0.1, 0.15) is 0 Å². The van der Waals surface area contributed by atoms with Gasteiger partial charge in [-0.15, -0.1) is 0 Å². The lowest BCUT2D eigenvalue weighted by Crippen LogP contribution is -2.61. The molecule has 0 spiro atoms. The topological polar surface area (TPSA) is 47.7 Å². The Kier molecular flexibility index (Phi) is 4.99.